The van der Waals surface area contributed by atoms with Gasteiger partial charge in [0.25, 0.3) is 0 Å². The van der Waals surface area contributed by atoms with E-state index in [4.69, 9.17) is 23.2 Å². The van der Waals surface area contributed by atoms with Crippen molar-refractivity contribution in [2.24, 2.45) is 5.92 Å². The molecule has 3 heteroatoms. The van der Waals surface area contributed by atoms with Gasteiger partial charge in [0.1, 0.15) is 0 Å². The van der Waals surface area contributed by atoms with Gasteiger partial charge >= 0.3 is 0 Å². The van der Waals surface area contributed by atoms with Gasteiger partial charge in [-0.3, -0.25) is 0 Å². The molecule has 0 saturated carbocycles. The number of nitrogens with one attached hydrogen (secondary N) is 1. The molecule has 0 aliphatic rings. The van der Waals surface area contributed by atoms with Crippen LogP contribution in [0.2, 0.25) is 10.0 Å². The average molecular weight is 274 g/mol. The standard InChI is InChI=1S/C14H21Cl2N/c1-4-10(5-2)14(17-6-3)12-9-11(15)7-8-13(12)16/h7-10,14,17H,4-6H2,1-3H3. The fourth-order valence-electron chi connectivity index (χ4n) is 2.26. The van der Waals surface area contributed by atoms with Crippen molar-refractivity contribution >= 4 is 23.2 Å². The smallest absolute Gasteiger partial charge is 0.0454 e. The van der Waals surface area contributed by atoms with Crippen LogP contribution in [-0.4, -0.2) is 6.54 Å². The van der Waals surface area contributed by atoms with Gasteiger partial charge in [0.2, 0.25) is 0 Å². The molecule has 1 aromatic carbocycles. The molecule has 1 aromatic rings. The van der Waals surface area contributed by atoms with Gasteiger partial charge in [-0.15, -0.1) is 0 Å². The second-order valence-corrected chi connectivity index (χ2v) is 5.12. The van der Waals surface area contributed by atoms with Gasteiger partial charge < -0.3 is 5.32 Å². The molecule has 0 spiro atoms. The van der Waals surface area contributed by atoms with Gasteiger partial charge in [0.05, 0.1) is 0 Å². The third-order valence-corrected chi connectivity index (χ3v) is 3.82. The first-order chi connectivity index (χ1) is 8.13. The second-order valence-electron chi connectivity index (χ2n) is 4.28. The van der Waals surface area contributed by atoms with Crippen LogP contribution in [0, 0.1) is 5.92 Å². The molecule has 0 heterocycles. The number of hydrogen-bond acceptors (Lipinski definition) is 1. The van der Waals surface area contributed by atoms with E-state index in [2.05, 4.69) is 26.1 Å². The van der Waals surface area contributed by atoms with Crippen molar-refractivity contribution in [3.8, 4) is 0 Å². The van der Waals surface area contributed by atoms with Crippen LogP contribution >= 0.6 is 23.2 Å². The molecular weight excluding hydrogens is 253 g/mol. The van der Waals surface area contributed by atoms with E-state index in [0.717, 1.165) is 35.0 Å². The van der Waals surface area contributed by atoms with Crippen molar-refractivity contribution in [2.45, 2.75) is 39.7 Å². The Morgan fingerprint density at radius 1 is 1.12 bits per heavy atom. The molecule has 0 radical (unpaired) electrons. The minimum Gasteiger partial charge on any atom is -0.310 e. The highest BCUT2D eigenvalue weighted by molar-refractivity contribution is 6.33. The summed E-state index contributed by atoms with van der Waals surface area (Å²) in [5.74, 6) is 0.589. The molecular formula is C14H21Cl2N. The molecule has 0 aliphatic heterocycles. The second kappa shape index (κ2) is 7.25. The first kappa shape index (κ1) is 14.8. The van der Waals surface area contributed by atoms with E-state index >= 15 is 0 Å². The SMILES string of the molecule is CCNC(c1cc(Cl)ccc1Cl)C(CC)CC. The van der Waals surface area contributed by atoms with Gasteiger partial charge in [0, 0.05) is 16.1 Å². The highest BCUT2D eigenvalue weighted by Crippen LogP contribution is 2.33. The van der Waals surface area contributed by atoms with Crippen LogP contribution in [0.15, 0.2) is 18.2 Å². The van der Waals surface area contributed by atoms with Crippen molar-refractivity contribution in [1.82, 2.24) is 5.32 Å². The Bertz CT molecular complexity index is 348. The lowest BCUT2D eigenvalue weighted by Crippen LogP contribution is -2.28. The van der Waals surface area contributed by atoms with E-state index in [9.17, 15) is 0 Å². The summed E-state index contributed by atoms with van der Waals surface area (Å²) >= 11 is 12.4. The van der Waals surface area contributed by atoms with Gasteiger partial charge in [-0.25, -0.2) is 0 Å². The minimum absolute atomic E-state index is 0.293. The zero-order valence-corrected chi connectivity index (χ0v) is 12.3. The van der Waals surface area contributed by atoms with Gasteiger partial charge in [0.15, 0.2) is 0 Å². The molecule has 0 aromatic heterocycles. The normalized spacial score (nSPS) is 13.1. The predicted molar refractivity (Wildman–Crippen MR) is 77.0 cm³/mol. The molecule has 1 unspecified atom stereocenters. The fourth-order valence-corrected chi connectivity index (χ4v) is 2.68. The Morgan fingerprint density at radius 2 is 1.76 bits per heavy atom. The summed E-state index contributed by atoms with van der Waals surface area (Å²) in [5, 5.41) is 5.07. The van der Waals surface area contributed by atoms with Crippen LogP contribution in [0.3, 0.4) is 0 Å². The maximum absolute atomic E-state index is 6.29. The van der Waals surface area contributed by atoms with Crippen LogP contribution in [0.4, 0.5) is 0 Å². The highest BCUT2D eigenvalue weighted by atomic mass is 35.5. The summed E-state index contributed by atoms with van der Waals surface area (Å²) < 4.78 is 0. The molecule has 1 atom stereocenters. The molecule has 17 heavy (non-hydrogen) atoms. The first-order valence-electron chi connectivity index (χ1n) is 6.32. The summed E-state index contributed by atoms with van der Waals surface area (Å²) in [4.78, 5) is 0. The zero-order chi connectivity index (χ0) is 12.8. The summed E-state index contributed by atoms with van der Waals surface area (Å²) in [7, 11) is 0. The summed E-state index contributed by atoms with van der Waals surface area (Å²) in [5.41, 5.74) is 1.12. The lowest BCUT2D eigenvalue weighted by Gasteiger charge is -2.27. The lowest BCUT2D eigenvalue weighted by atomic mass is 9.89. The molecule has 1 N–H and O–H groups in total. The lowest BCUT2D eigenvalue weighted by molar-refractivity contribution is 0.346. The molecule has 0 aliphatic carbocycles. The zero-order valence-electron chi connectivity index (χ0n) is 10.8. The van der Waals surface area contributed by atoms with Gasteiger partial charge in [-0.2, -0.15) is 0 Å². The monoisotopic (exact) mass is 273 g/mol. The topological polar surface area (TPSA) is 12.0 Å². The van der Waals surface area contributed by atoms with Crippen molar-refractivity contribution in [2.75, 3.05) is 6.54 Å². The maximum atomic E-state index is 6.29. The summed E-state index contributed by atoms with van der Waals surface area (Å²) in [6.07, 6.45) is 2.27. The van der Waals surface area contributed by atoms with Crippen LogP contribution in [0.25, 0.3) is 0 Å². The van der Waals surface area contributed by atoms with Crippen LogP contribution in [0.5, 0.6) is 0 Å². The van der Waals surface area contributed by atoms with Crippen molar-refractivity contribution in [1.29, 1.82) is 0 Å². The van der Waals surface area contributed by atoms with E-state index in [-0.39, 0.29) is 0 Å². The van der Waals surface area contributed by atoms with E-state index in [0.29, 0.717) is 12.0 Å². The first-order valence-corrected chi connectivity index (χ1v) is 7.07. The van der Waals surface area contributed by atoms with Crippen LogP contribution < -0.4 is 5.32 Å². The van der Waals surface area contributed by atoms with Crippen LogP contribution in [-0.2, 0) is 0 Å². The predicted octanol–water partition coefficient (Wildman–Crippen LogP) is 5.08. The molecule has 0 amide bonds. The third kappa shape index (κ3) is 3.87. The van der Waals surface area contributed by atoms with Crippen molar-refractivity contribution in [3.63, 3.8) is 0 Å². The Balaban J connectivity index is 3.07. The molecule has 1 rings (SSSR count). The Morgan fingerprint density at radius 3 is 2.29 bits per heavy atom. The van der Waals surface area contributed by atoms with E-state index < -0.39 is 0 Å². The minimum atomic E-state index is 0.293. The van der Waals surface area contributed by atoms with E-state index in [1.807, 2.05) is 18.2 Å². The number of hydrogen-bond donors (Lipinski definition) is 1. The number of halogens is 2. The van der Waals surface area contributed by atoms with E-state index in [1.165, 1.54) is 0 Å². The average Bonchev–Trinajstić information content (AvgIpc) is 2.33. The Labute approximate surface area is 115 Å². The number of benzene rings is 1. The van der Waals surface area contributed by atoms with E-state index in [1.54, 1.807) is 0 Å². The molecule has 96 valence electrons. The molecule has 0 bridgehead atoms. The third-order valence-electron chi connectivity index (χ3n) is 3.24. The quantitative estimate of drug-likeness (QED) is 0.762. The molecule has 0 fully saturated rings. The molecule has 1 nitrogen and oxygen atoms in total. The number of rotatable bonds is 6. The van der Waals surface area contributed by atoms with Gasteiger partial charge in [-0.05, 0) is 36.2 Å². The Hall–Kier alpha value is -0.240. The largest absolute Gasteiger partial charge is 0.310 e. The Kier molecular flexibility index (Phi) is 6.32. The highest BCUT2D eigenvalue weighted by Gasteiger charge is 2.21. The fraction of sp³-hybridized carbons (Fsp3) is 0.571. The summed E-state index contributed by atoms with van der Waals surface area (Å²) in [6.45, 7) is 7.49. The molecule has 0 saturated heterocycles. The van der Waals surface area contributed by atoms with Crippen molar-refractivity contribution < 1.29 is 0 Å². The maximum Gasteiger partial charge on any atom is 0.0454 e. The van der Waals surface area contributed by atoms with Crippen molar-refractivity contribution in [3.05, 3.63) is 33.8 Å². The van der Waals surface area contributed by atoms with Crippen LogP contribution in [0.1, 0.15) is 45.2 Å². The summed E-state index contributed by atoms with van der Waals surface area (Å²) in [6, 6.07) is 5.99. The van der Waals surface area contributed by atoms with Gasteiger partial charge in [-0.1, -0.05) is 56.8 Å².